The second-order valence-corrected chi connectivity index (χ2v) is 6.53. The summed E-state index contributed by atoms with van der Waals surface area (Å²) in [6, 6.07) is 5.90. The molecular weight excluding hydrogens is 326 g/mol. The second kappa shape index (κ2) is 6.96. The highest BCUT2D eigenvalue weighted by molar-refractivity contribution is 7.20. The van der Waals surface area contributed by atoms with Gasteiger partial charge in [0.05, 0.1) is 0 Å². The van der Waals surface area contributed by atoms with E-state index in [1.54, 1.807) is 4.52 Å². The Morgan fingerprint density at radius 3 is 2.96 bits per heavy atom. The van der Waals surface area contributed by atoms with Gasteiger partial charge in [-0.15, -0.1) is 15.3 Å². The quantitative estimate of drug-likeness (QED) is 0.743. The third-order valence-corrected chi connectivity index (χ3v) is 4.29. The van der Waals surface area contributed by atoms with Gasteiger partial charge in [0.25, 0.3) is 5.91 Å². The fourth-order valence-electron chi connectivity index (χ4n) is 2.25. The number of carbonyl (C=O) groups is 1. The van der Waals surface area contributed by atoms with E-state index in [0.29, 0.717) is 15.8 Å². The lowest BCUT2D eigenvalue weighted by atomic mass is 10.1. The molecule has 0 unspecified atom stereocenters. The van der Waals surface area contributed by atoms with E-state index in [0.717, 1.165) is 29.8 Å². The summed E-state index contributed by atoms with van der Waals surface area (Å²) in [6.45, 7) is 5.94. The van der Waals surface area contributed by atoms with Crippen molar-refractivity contribution in [3.63, 3.8) is 0 Å². The maximum Gasteiger partial charge on any atom is 0.264 e. The Balaban J connectivity index is 1.63. The molecule has 1 amide bonds. The summed E-state index contributed by atoms with van der Waals surface area (Å²) in [5.41, 5.74) is 2.09. The number of aryl methyl sites for hydroxylation is 3. The Morgan fingerprint density at radius 2 is 2.17 bits per heavy atom. The van der Waals surface area contributed by atoms with Crippen molar-refractivity contribution in [1.29, 1.82) is 0 Å². The molecule has 0 saturated heterocycles. The van der Waals surface area contributed by atoms with Crippen molar-refractivity contribution in [1.82, 2.24) is 19.8 Å². The molecule has 2 aromatic heterocycles. The number of aromatic nitrogens is 4. The number of nitrogens with zero attached hydrogens (tertiary/aromatic N) is 4. The van der Waals surface area contributed by atoms with Crippen LogP contribution in [0.1, 0.15) is 30.3 Å². The molecule has 0 aliphatic carbocycles. The molecule has 24 heavy (non-hydrogen) atoms. The van der Waals surface area contributed by atoms with Crippen LogP contribution in [0.3, 0.4) is 0 Å². The van der Waals surface area contributed by atoms with Crippen molar-refractivity contribution < 1.29 is 9.53 Å². The molecule has 3 rings (SSSR count). The number of ether oxygens (including phenoxy) is 1. The van der Waals surface area contributed by atoms with Crippen molar-refractivity contribution in [3.05, 3.63) is 35.2 Å². The van der Waals surface area contributed by atoms with Gasteiger partial charge in [-0.3, -0.25) is 10.1 Å². The van der Waals surface area contributed by atoms with Gasteiger partial charge in [-0.25, -0.2) is 0 Å². The second-order valence-electron chi connectivity index (χ2n) is 5.57. The van der Waals surface area contributed by atoms with E-state index in [2.05, 4.69) is 27.5 Å². The number of anilines is 1. The topological polar surface area (TPSA) is 81.4 Å². The first-order valence-corrected chi connectivity index (χ1v) is 8.59. The first-order valence-electron chi connectivity index (χ1n) is 7.78. The molecule has 0 radical (unpaired) electrons. The third kappa shape index (κ3) is 3.53. The average molecular weight is 345 g/mol. The minimum Gasteiger partial charge on any atom is -0.483 e. The summed E-state index contributed by atoms with van der Waals surface area (Å²) in [4.78, 5) is 12.7. The Kier molecular flexibility index (Phi) is 4.75. The van der Waals surface area contributed by atoms with Gasteiger partial charge in [-0.05, 0) is 37.5 Å². The Labute approximate surface area is 143 Å². The molecule has 0 spiro atoms. The van der Waals surface area contributed by atoms with Crippen LogP contribution >= 0.6 is 11.3 Å². The van der Waals surface area contributed by atoms with E-state index in [4.69, 9.17) is 4.74 Å². The van der Waals surface area contributed by atoms with Crippen LogP contribution in [0, 0.1) is 13.8 Å². The van der Waals surface area contributed by atoms with Crippen LogP contribution in [0.4, 0.5) is 5.13 Å². The van der Waals surface area contributed by atoms with Crippen molar-refractivity contribution in [3.8, 4) is 5.75 Å². The van der Waals surface area contributed by atoms with Gasteiger partial charge in [0.15, 0.2) is 12.4 Å². The van der Waals surface area contributed by atoms with Crippen molar-refractivity contribution in [2.45, 2.75) is 33.6 Å². The number of benzene rings is 1. The predicted molar refractivity (Wildman–Crippen MR) is 92.7 cm³/mol. The standard InChI is InChI=1S/C16H19N5O2S/c1-4-5-13-18-19-16-21(13)20-15(24-16)17-14(22)9-23-12-8-10(2)6-7-11(12)3/h6-8H,4-5,9H2,1-3H3,(H,17,20,22). The lowest BCUT2D eigenvalue weighted by Gasteiger charge is -2.09. The highest BCUT2D eigenvalue weighted by atomic mass is 32.1. The molecular formula is C16H19N5O2S. The van der Waals surface area contributed by atoms with E-state index in [1.165, 1.54) is 11.3 Å². The molecule has 0 saturated carbocycles. The van der Waals surface area contributed by atoms with Crippen molar-refractivity contribution in [2.75, 3.05) is 11.9 Å². The minimum atomic E-state index is -0.252. The monoisotopic (exact) mass is 345 g/mol. The van der Waals surface area contributed by atoms with Crippen molar-refractivity contribution in [2.24, 2.45) is 0 Å². The van der Waals surface area contributed by atoms with E-state index < -0.39 is 0 Å². The fraction of sp³-hybridized carbons (Fsp3) is 0.375. The minimum absolute atomic E-state index is 0.0632. The Morgan fingerprint density at radius 1 is 1.33 bits per heavy atom. The van der Waals surface area contributed by atoms with Crippen LogP contribution in [-0.2, 0) is 11.2 Å². The largest absolute Gasteiger partial charge is 0.483 e. The Bertz CT molecular complexity index is 871. The predicted octanol–water partition coefficient (Wildman–Crippen LogP) is 2.77. The molecule has 0 atom stereocenters. The van der Waals surface area contributed by atoms with E-state index in [9.17, 15) is 4.79 Å². The van der Waals surface area contributed by atoms with Gasteiger partial charge >= 0.3 is 0 Å². The van der Waals surface area contributed by atoms with E-state index in [-0.39, 0.29) is 12.5 Å². The van der Waals surface area contributed by atoms with Gasteiger partial charge in [-0.2, -0.15) is 4.52 Å². The molecule has 0 aliphatic heterocycles. The van der Waals surface area contributed by atoms with Crippen LogP contribution in [0.25, 0.3) is 4.96 Å². The summed E-state index contributed by atoms with van der Waals surface area (Å²) >= 11 is 1.29. The molecule has 2 heterocycles. The maximum atomic E-state index is 12.1. The molecule has 1 N–H and O–H groups in total. The summed E-state index contributed by atoms with van der Waals surface area (Å²) in [5.74, 6) is 1.27. The molecule has 7 nitrogen and oxygen atoms in total. The number of rotatable bonds is 6. The highest BCUT2D eigenvalue weighted by Gasteiger charge is 2.13. The number of amides is 1. The first kappa shape index (κ1) is 16.4. The summed E-state index contributed by atoms with van der Waals surface area (Å²) in [5, 5.41) is 15.7. The van der Waals surface area contributed by atoms with Crippen LogP contribution in [-0.4, -0.2) is 32.3 Å². The van der Waals surface area contributed by atoms with Gasteiger partial charge in [0.2, 0.25) is 10.1 Å². The van der Waals surface area contributed by atoms with Gasteiger partial charge in [-0.1, -0.05) is 30.4 Å². The zero-order valence-electron chi connectivity index (χ0n) is 13.9. The summed E-state index contributed by atoms with van der Waals surface area (Å²) in [7, 11) is 0. The lowest BCUT2D eigenvalue weighted by Crippen LogP contribution is -2.20. The lowest BCUT2D eigenvalue weighted by molar-refractivity contribution is -0.118. The Hall–Kier alpha value is -2.48. The smallest absolute Gasteiger partial charge is 0.264 e. The molecule has 3 aromatic rings. The SMILES string of the molecule is CCCc1nnc2sc(NC(=O)COc3cc(C)ccc3C)nn12. The highest BCUT2D eigenvalue weighted by Crippen LogP contribution is 2.20. The van der Waals surface area contributed by atoms with E-state index in [1.807, 2.05) is 32.0 Å². The molecule has 0 fully saturated rings. The molecule has 0 aliphatic rings. The summed E-state index contributed by atoms with van der Waals surface area (Å²) < 4.78 is 7.28. The van der Waals surface area contributed by atoms with Crippen LogP contribution in [0.15, 0.2) is 18.2 Å². The number of nitrogens with one attached hydrogen (secondary N) is 1. The third-order valence-electron chi connectivity index (χ3n) is 3.48. The molecule has 0 bridgehead atoms. The van der Waals surface area contributed by atoms with Crippen LogP contribution in [0.2, 0.25) is 0 Å². The van der Waals surface area contributed by atoms with Crippen LogP contribution in [0.5, 0.6) is 5.75 Å². The molecule has 1 aromatic carbocycles. The van der Waals surface area contributed by atoms with E-state index >= 15 is 0 Å². The van der Waals surface area contributed by atoms with Gasteiger partial charge in [0.1, 0.15) is 5.75 Å². The first-order chi connectivity index (χ1) is 11.6. The number of fused-ring (bicyclic) bond motifs is 1. The number of hydrogen-bond acceptors (Lipinski definition) is 6. The van der Waals surface area contributed by atoms with Gasteiger partial charge < -0.3 is 4.74 Å². The zero-order chi connectivity index (χ0) is 17.1. The normalized spacial score (nSPS) is 11.0. The number of carbonyl (C=O) groups excluding carboxylic acids is 1. The molecule has 126 valence electrons. The zero-order valence-corrected chi connectivity index (χ0v) is 14.7. The average Bonchev–Trinajstić information content (AvgIpc) is 3.10. The van der Waals surface area contributed by atoms with Gasteiger partial charge in [0, 0.05) is 6.42 Å². The fourth-order valence-corrected chi connectivity index (χ4v) is 3.02. The summed E-state index contributed by atoms with van der Waals surface area (Å²) in [6.07, 6.45) is 1.76. The van der Waals surface area contributed by atoms with Crippen LogP contribution < -0.4 is 10.1 Å². The maximum absolute atomic E-state index is 12.1. The van der Waals surface area contributed by atoms with Crippen molar-refractivity contribution >= 4 is 27.3 Å². The number of hydrogen-bond donors (Lipinski definition) is 1. The molecule has 8 heteroatoms.